The molecule has 30 heavy (non-hydrogen) atoms. The van der Waals surface area contributed by atoms with Gasteiger partial charge in [-0.25, -0.2) is 9.59 Å². The van der Waals surface area contributed by atoms with Gasteiger partial charge in [0.2, 0.25) is 0 Å². The smallest absolute Gasteiger partial charge is 0.315 e. The van der Waals surface area contributed by atoms with Crippen molar-refractivity contribution in [3.8, 4) is 0 Å². The standard InChI is InChI=1S/C23H30N4O3/c1-6-15-25-22(29)26(19-13-9-17(3)10-14-19)20(23(25,4)5)27(30)21(28)24-18-11-7-16(2)8-12-18/h7-14,20,30H,6,15H2,1-5H3,(H,24,28)/t20-/m0/s1. The lowest BCUT2D eigenvalue weighted by atomic mass is 9.99. The Morgan fingerprint density at radius 2 is 1.60 bits per heavy atom. The van der Waals surface area contributed by atoms with Gasteiger partial charge in [-0.1, -0.05) is 42.3 Å². The summed E-state index contributed by atoms with van der Waals surface area (Å²) in [6.45, 7) is 10.2. The molecule has 0 saturated carbocycles. The molecule has 0 aromatic heterocycles. The van der Waals surface area contributed by atoms with Crippen LogP contribution < -0.4 is 10.2 Å². The zero-order valence-corrected chi connectivity index (χ0v) is 18.2. The predicted octanol–water partition coefficient (Wildman–Crippen LogP) is 4.98. The summed E-state index contributed by atoms with van der Waals surface area (Å²) in [5.41, 5.74) is 2.52. The van der Waals surface area contributed by atoms with E-state index in [0.717, 1.165) is 17.5 Å². The quantitative estimate of drug-likeness (QED) is 0.539. The van der Waals surface area contributed by atoms with Crippen LogP contribution in [0.3, 0.4) is 0 Å². The Hall–Kier alpha value is -3.06. The number of benzene rings is 2. The highest BCUT2D eigenvalue weighted by molar-refractivity contribution is 5.98. The van der Waals surface area contributed by atoms with Crippen molar-refractivity contribution in [2.24, 2.45) is 0 Å². The molecule has 0 aliphatic carbocycles. The fourth-order valence-corrected chi connectivity index (χ4v) is 3.84. The number of carbonyl (C=O) groups is 2. The van der Waals surface area contributed by atoms with Crippen LogP contribution in [0.15, 0.2) is 48.5 Å². The molecule has 1 saturated heterocycles. The molecule has 1 aliphatic heterocycles. The van der Waals surface area contributed by atoms with Gasteiger partial charge in [0.1, 0.15) is 0 Å². The molecule has 1 aliphatic rings. The van der Waals surface area contributed by atoms with Crippen LogP contribution in [0.1, 0.15) is 38.3 Å². The minimum Gasteiger partial charge on any atom is -0.315 e. The number of nitrogens with one attached hydrogen (secondary N) is 1. The molecule has 4 amide bonds. The Kier molecular flexibility index (Phi) is 6.03. The lowest BCUT2D eigenvalue weighted by Gasteiger charge is -2.38. The van der Waals surface area contributed by atoms with Gasteiger partial charge in [-0.15, -0.1) is 0 Å². The molecule has 2 N–H and O–H groups in total. The van der Waals surface area contributed by atoms with Crippen molar-refractivity contribution in [2.75, 3.05) is 16.8 Å². The van der Waals surface area contributed by atoms with E-state index in [2.05, 4.69) is 5.32 Å². The third kappa shape index (κ3) is 3.98. The lowest BCUT2D eigenvalue weighted by molar-refractivity contribution is -0.0948. The first-order valence-electron chi connectivity index (χ1n) is 10.2. The molecule has 1 atom stereocenters. The Bertz CT molecular complexity index is 909. The molecule has 7 heteroatoms. The van der Waals surface area contributed by atoms with E-state index in [1.54, 1.807) is 17.0 Å². The maximum absolute atomic E-state index is 13.3. The number of nitrogens with zero attached hydrogens (tertiary/aromatic N) is 3. The van der Waals surface area contributed by atoms with Gasteiger partial charge in [-0.3, -0.25) is 10.1 Å². The summed E-state index contributed by atoms with van der Waals surface area (Å²) in [6, 6.07) is 13.8. The number of amides is 4. The highest BCUT2D eigenvalue weighted by atomic mass is 16.5. The van der Waals surface area contributed by atoms with Gasteiger partial charge in [0, 0.05) is 17.9 Å². The SMILES string of the molecule is CCCN1C(=O)N(c2ccc(C)cc2)[C@@H](N(O)C(=O)Nc2ccc(C)cc2)C1(C)C. The number of urea groups is 2. The van der Waals surface area contributed by atoms with Gasteiger partial charge in [0.15, 0.2) is 6.17 Å². The van der Waals surface area contributed by atoms with E-state index in [-0.39, 0.29) is 6.03 Å². The van der Waals surface area contributed by atoms with Gasteiger partial charge < -0.3 is 10.2 Å². The fourth-order valence-electron chi connectivity index (χ4n) is 3.84. The Labute approximate surface area is 177 Å². The van der Waals surface area contributed by atoms with E-state index >= 15 is 0 Å². The second kappa shape index (κ2) is 8.36. The summed E-state index contributed by atoms with van der Waals surface area (Å²) in [4.78, 5) is 29.4. The monoisotopic (exact) mass is 410 g/mol. The first kappa shape index (κ1) is 21.6. The van der Waals surface area contributed by atoms with Crippen molar-refractivity contribution >= 4 is 23.4 Å². The van der Waals surface area contributed by atoms with Crippen LogP contribution in [0.5, 0.6) is 0 Å². The van der Waals surface area contributed by atoms with Crippen molar-refractivity contribution in [1.29, 1.82) is 0 Å². The maximum atomic E-state index is 13.3. The summed E-state index contributed by atoms with van der Waals surface area (Å²) >= 11 is 0. The molecule has 0 radical (unpaired) electrons. The maximum Gasteiger partial charge on any atom is 0.347 e. The molecule has 0 spiro atoms. The largest absolute Gasteiger partial charge is 0.347 e. The minimum atomic E-state index is -0.898. The van der Waals surface area contributed by atoms with Gasteiger partial charge in [-0.05, 0) is 58.4 Å². The summed E-state index contributed by atoms with van der Waals surface area (Å²) in [7, 11) is 0. The van der Waals surface area contributed by atoms with E-state index in [9.17, 15) is 14.8 Å². The van der Waals surface area contributed by atoms with Crippen LogP contribution in [0.2, 0.25) is 0 Å². The average Bonchev–Trinajstić information content (AvgIpc) is 2.90. The Morgan fingerprint density at radius 1 is 1.07 bits per heavy atom. The van der Waals surface area contributed by atoms with E-state index in [4.69, 9.17) is 0 Å². The van der Waals surface area contributed by atoms with Gasteiger partial charge in [-0.2, -0.15) is 5.06 Å². The molecule has 7 nitrogen and oxygen atoms in total. The highest BCUT2D eigenvalue weighted by Gasteiger charge is 2.55. The second-order valence-corrected chi connectivity index (χ2v) is 8.31. The third-order valence-electron chi connectivity index (χ3n) is 5.51. The van der Waals surface area contributed by atoms with Crippen molar-refractivity contribution in [2.45, 2.75) is 52.7 Å². The molecular weight excluding hydrogens is 380 g/mol. The van der Waals surface area contributed by atoms with Crippen LogP contribution in [-0.4, -0.2) is 45.5 Å². The van der Waals surface area contributed by atoms with Crippen molar-refractivity contribution < 1.29 is 14.8 Å². The average molecular weight is 411 g/mol. The number of anilines is 2. The zero-order valence-electron chi connectivity index (χ0n) is 18.2. The third-order valence-corrected chi connectivity index (χ3v) is 5.51. The summed E-state index contributed by atoms with van der Waals surface area (Å²) in [5.74, 6) is 0. The molecule has 0 unspecified atom stereocenters. The number of hydroxylamine groups is 2. The van der Waals surface area contributed by atoms with Crippen LogP contribution >= 0.6 is 0 Å². The lowest BCUT2D eigenvalue weighted by Crippen LogP contribution is -2.58. The zero-order chi connectivity index (χ0) is 22.1. The first-order chi connectivity index (χ1) is 14.2. The van der Waals surface area contributed by atoms with Crippen LogP contribution in [-0.2, 0) is 0 Å². The van der Waals surface area contributed by atoms with Crippen LogP contribution in [0.25, 0.3) is 0 Å². The van der Waals surface area contributed by atoms with Crippen molar-refractivity contribution in [3.05, 3.63) is 59.7 Å². The number of hydrogen-bond acceptors (Lipinski definition) is 3. The summed E-state index contributed by atoms with van der Waals surface area (Å²) in [6.07, 6.45) is -0.130. The molecule has 1 fully saturated rings. The summed E-state index contributed by atoms with van der Waals surface area (Å²) < 4.78 is 0. The molecule has 3 rings (SSSR count). The van der Waals surface area contributed by atoms with E-state index < -0.39 is 17.7 Å². The molecule has 2 aromatic carbocycles. The van der Waals surface area contributed by atoms with E-state index in [1.165, 1.54) is 4.90 Å². The van der Waals surface area contributed by atoms with E-state index in [1.807, 2.05) is 71.0 Å². The molecular formula is C23H30N4O3. The summed E-state index contributed by atoms with van der Waals surface area (Å²) in [5, 5.41) is 14.3. The normalized spacial score (nSPS) is 17.9. The number of hydrogen-bond donors (Lipinski definition) is 2. The van der Waals surface area contributed by atoms with Gasteiger partial charge in [0.25, 0.3) is 0 Å². The van der Waals surface area contributed by atoms with Gasteiger partial charge >= 0.3 is 12.1 Å². The number of rotatable bonds is 5. The van der Waals surface area contributed by atoms with E-state index in [0.29, 0.717) is 23.0 Å². The van der Waals surface area contributed by atoms with Crippen molar-refractivity contribution in [3.63, 3.8) is 0 Å². The highest BCUT2D eigenvalue weighted by Crippen LogP contribution is 2.38. The Morgan fingerprint density at radius 3 is 2.13 bits per heavy atom. The van der Waals surface area contributed by atoms with Crippen LogP contribution in [0.4, 0.5) is 21.0 Å². The first-order valence-corrected chi connectivity index (χ1v) is 10.2. The Balaban J connectivity index is 1.95. The van der Waals surface area contributed by atoms with Crippen molar-refractivity contribution in [1.82, 2.24) is 9.96 Å². The molecule has 1 heterocycles. The number of aryl methyl sites for hydroxylation is 2. The topological polar surface area (TPSA) is 76.1 Å². The molecule has 0 bridgehead atoms. The molecule has 160 valence electrons. The fraction of sp³-hybridized carbons (Fsp3) is 0.391. The predicted molar refractivity (Wildman–Crippen MR) is 118 cm³/mol. The molecule has 2 aromatic rings. The minimum absolute atomic E-state index is 0.238. The van der Waals surface area contributed by atoms with Crippen LogP contribution in [0, 0.1) is 13.8 Å². The number of carbonyl (C=O) groups excluding carboxylic acids is 2. The second-order valence-electron chi connectivity index (χ2n) is 8.31. The van der Waals surface area contributed by atoms with Gasteiger partial charge in [0.05, 0.1) is 5.54 Å².